The fourth-order valence-corrected chi connectivity index (χ4v) is 4.56. The van der Waals surface area contributed by atoms with E-state index in [2.05, 4.69) is 13.8 Å². The van der Waals surface area contributed by atoms with E-state index in [-0.39, 0.29) is 39.6 Å². The number of esters is 1. The van der Waals surface area contributed by atoms with Gasteiger partial charge in [-0.1, -0.05) is 6.07 Å². The zero-order valence-electron chi connectivity index (χ0n) is 19.3. The van der Waals surface area contributed by atoms with Crippen molar-refractivity contribution in [3.05, 3.63) is 64.1 Å². The molecule has 0 saturated heterocycles. The van der Waals surface area contributed by atoms with Crippen LogP contribution in [0.1, 0.15) is 62.8 Å². The van der Waals surface area contributed by atoms with E-state index in [1.807, 2.05) is 32.0 Å². The lowest BCUT2D eigenvalue weighted by molar-refractivity contribution is -0.131. The second kappa shape index (κ2) is 7.30. The summed E-state index contributed by atoms with van der Waals surface area (Å²) in [7, 11) is 0. The van der Waals surface area contributed by atoms with Gasteiger partial charge in [-0.25, -0.2) is 4.79 Å². The molecule has 0 unspecified atom stereocenters. The number of fused-ring (bicyclic) bond motifs is 2. The summed E-state index contributed by atoms with van der Waals surface area (Å²) in [4.78, 5) is 12.7. The number of aryl methyl sites for hydroxylation is 2. The van der Waals surface area contributed by atoms with Crippen molar-refractivity contribution in [3.8, 4) is 17.2 Å². The predicted octanol–water partition coefficient (Wildman–Crippen LogP) is 5.47. The maximum atomic E-state index is 12.7. The first-order chi connectivity index (χ1) is 15.5. The van der Waals surface area contributed by atoms with E-state index in [1.54, 1.807) is 12.1 Å². The van der Waals surface area contributed by atoms with Crippen LogP contribution < -0.4 is 9.47 Å². The van der Waals surface area contributed by atoms with Crippen molar-refractivity contribution in [2.75, 3.05) is 0 Å². The molecule has 6 heteroatoms. The lowest BCUT2D eigenvalue weighted by atomic mass is 9.91. The fraction of sp³-hybridized carbons (Fsp3) is 0.370. The van der Waals surface area contributed by atoms with Crippen LogP contribution in [0.4, 0.5) is 0 Å². The number of hydrogen-bond acceptors (Lipinski definition) is 6. The Bertz CT molecular complexity index is 1230. The molecule has 0 saturated carbocycles. The highest BCUT2D eigenvalue weighted by atomic mass is 16.6. The molecule has 0 aliphatic carbocycles. The summed E-state index contributed by atoms with van der Waals surface area (Å²) >= 11 is 0. The van der Waals surface area contributed by atoms with Gasteiger partial charge in [-0.2, -0.15) is 0 Å². The molecule has 2 aromatic carbocycles. The van der Waals surface area contributed by atoms with Gasteiger partial charge in [-0.05, 0) is 94.3 Å². The highest BCUT2D eigenvalue weighted by Gasteiger charge is 2.35. The third-order valence-corrected chi connectivity index (χ3v) is 6.47. The first-order valence-corrected chi connectivity index (χ1v) is 11.3. The lowest BCUT2D eigenvalue weighted by Gasteiger charge is -2.33. The van der Waals surface area contributed by atoms with Crippen LogP contribution in [0.25, 0.3) is 11.6 Å². The Hall–Kier alpha value is -3.41. The van der Waals surface area contributed by atoms with E-state index in [9.17, 15) is 15.0 Å². The molecule has 0 aromatic heterocycles. The van der Waals surface area contributed by atoms with Crippen LogP contribution in [0.3, 0.4) is 0 Å². The number of carbonyl (C=O) groups excluding carboxylic acids is 1. The Morgan fingerprint density at radius 2 is 1.52 bits per heavy atom. The summed E-state index contributed by atoms with van der Waals surface area (Å²) in [5, 5.41) is 21.5. The van der Waals surface area contributed by atoms with Crippen LogP contribution in [0, 0.1) is 0 Å². The maximum Gasteiger partial charge on any atom is 0.348 e. The number of carbonyl (C=O) groups is 1. The molecule has 0 fully saturated rings. The largest absolute Gasteiger partial charge is 0.507 e. The van der Waals surface area contributed by atoms with Crippen LogP contribution >= 0.6 is 0 Å². The highest BCUT2D eigenvalue weighted by molar-refractivity contribution is 6.21. The number of benzene rings is 2. The topological polar surface area (TPSA) is 85.2 Å². The van der Waals surface area contributed by atoms with Gasteiger partial charge < -0.3 is 24.4 Å². The second-order valence-electron chi connectivity index (χ2n) is 10.2. The molecule has 0 radical (unpaired) electrons. The smallest absolute Gasteiger partial charge is 0.348 e. The van der Waals surface area contributed by atoms with Gasteiger partial charge in [0.05, 0.1) is 0 Å². The van der Waals surface area contributed by atoms with Crippen molar-refractivity contribution in [2.24, 2.45) is 0 Å². The van der Waals surface area contributed by atoms with E-state index in [0.29, 0.717) is 5.75 Å². The molecule has 172 valence electrons. The van der Waals surface area contributed by atoms with E-state index >= 15 is 0 Å². The Kier molecular flexibility index (Phi) is 4.74. The first-order valence-electron chi connectivity index (χ1n) is 11.3. The molecule has 3 aliphatic heterocycles. The number of phenolic OH excluding ortho intramolecular Hbond substituents is 1. The van der Waals surface area contributed by atoms with Gasteiger partial charge in [-0.3, -0.25) is 0 Å². The standard InChI is InChI=1S/C27H28O6/c1-26(2)9-7-16-11-15(5-6-20(16)32-26)12-22-24(29)23(25(30)31-22)18-13-17-8-10-27(3,4)33-21(17)14-19(18)28/h5-6,11-14,28-29H,7-10H2,1-4H3. The summed E-state index contributed by atoms with van der Waals surface area (Å²) in [5.41, 5.74) is 2.43. The van der Waals surface area contributed by atoms with E-state index in [0.717, 1.165) is 48.1 Å². The summed E-state index contributed by atoms with van der Waals surface area (Å²) in [6.45, 7) is 8.12. The molecule has 5 rings (SSSR count). The van der Waals surface area contributed by atoms with Crippen LogP contribution in [0.15, 0.2) is 41.9 Å². The minimum Gasteiger partial charge on any atom is -0.507 e. The fourth-order valence-electron chi connectivity index (χ4n) is 4.56. The quantitative estimate of drug-likeness (QED) is 0.593. The molecule has 3 heterocycles. The summed E-state index contributed by atoms with van der Waals surface area (Å²) in [5.74, 6) is 0.369. The van der Waals surface area contributed by atoms with Crippen molar-refractivity contribution >= 4 is 17.6 Å². The first kappa shape index (κ1) is 21.4. The van der Waals surface area contributed by atoms with Crippen molar-refractivity contribution in [2.45, 2.75) is 64.6 Å². The highest BCUT2D eigenvalue weighted by Crippen LogP contribution is 2.43. The van der Waals surface area contributed by atoms with Gasteiger partial charge in [0.2, 0.25) is 0 Å². The van der Waals surface area contributed by atoms with Crippen LogP contribution in [0.2, 0.25) is 0 Å². The Balaban J connectivity index is 1.49. The number of rotatable bonds is 2. The van der Waals surface area contributed by atoms with E-state index < -0.39 is 5.97 Å². The van der Waals surface area contributed by atoms with Gasteiger partial charge in [0.25, 0.3) is 0 Å². The third-order valence-electron chi connectivity index (χ3n) is 6.47. The number of phenols is 1. The zero-order valence-corrected chi connectivity index (χ0v) is 19.3. The molecule has 0 amide bonds. The Morgan fingerprint density at radius 3 is 2.21 bits per heavy atom. The second-order valence-corrected chi connectivity index (χ2v) is 10.2. The number of aromatic hydroxyl groups is 1. The maximum absolute atomic E-state index is 12.7. The monoisotopic (exact) mass is 448 g/mol. The number of aliphatic hydroxyl groups excluding tert-OH is 1. The Morgan fingerprint density at radius 1 is 0.879 bits per heavy atom. The predicted molar refractivity (Wildman–Crippen MR) is 124 cm³/mol. The van der Waals surface area contributed by atoms with E-state index in [4.69, 9.17) is 14.2 Å². The number of hydrogen-bond donors (Lipinski definition) is 2. The summed E-state index contributed by atoms with van der Waals surface area (Å²) < 4.78 is 17.4. The van der Waals surface area contributed by atoms with Crippen molar-refractivity contribution in [3.63, 3.8) is 0 Å². The molecular weight excluding hydrogens is 420 g/mol. The molecule has 2 aromatic rings. The van der Waals surface area contributed by atoms with E-state index in [1.165, 1.54) is 6.07 Å². The summed E-state index contributed by atoms with van der Waals surface area (Å²) in [6, 6.07) is 8.95. The van der Waals surface area contributed by atoms with Crippen LogP contribution in [-0.2, 0) is 22.4 Å². The molecule has 2 N–H and O–H groups in total. The Labute approximate surface area is 193 Å². The van der Waals surface area contributed by atoms with Crippen molar-refractivity contribution in [1.29, 1.82) is 0 Å². The molecule has 33 heavy (non-hydrogen) atoms. The average molecular weight is 449 g/mol. The number of ether oxygens (including phenoxy) is 3. The third kappa shape index (κ3) is 3.94. The molecule has 0 spiro atoms. The molecule has 0 atom stereocenters. The van der Waals surface area contributed by atoms with Crippen molar-refractivity contribution < 1.29 is 29.2 Å². The van der Waals surface area contributed by atoms with Gasteiger partial charge in [0.15, 0.2) is 11.5 Å². The van der Waals surface area contributed by atoms with Gasteiger partial charge in [-0.15, -0.1) is 0 Å². The number of cyclic esters (lactones) is 1. The van der Waals surface area contributed by atoms with Gasteiger partial charge in [0.1, 0.15) is 34.0 Å². The van der Waals surface area contributed by atoms with Crippen LogP contribution in [0.5, 0.6) is 17.2 Å². The lowest BCUT2D eigenvalue weighted by Crippen LogP contribution is -2.32. The SMILES string of the molecule is CC1(C)CCc2cc(C=C3OC(=O)C(c4cc5c(cc4O)OC(C)(C)CC5)=C3O)ccc2O1. The molecule has 3 aliphatic rings. The average Bonchev–Trinajstić information content (AvgIpc) is 2.99. The summed E-state index contributed by atoms with van der Waals surface area (Å²) in [6.07, 6.45) is 4.97. The molecule has 6 nitrogen and oxygen atoms in total. The minimum absolute atomic E-state index is 0.0468. The van der Waals surface area contributed by atoms with Gasteiger partial charge >= 0.3 is 5.97 Å². The zero-order chi connectivity index (χ0) is 23.5. The normalized spacial score (nSPS) is 21.7. The minimum atomic E-state index is -0.700. The molecule has 0 bridgehead atoms. The van der Waals surface area contributed by atoms with Crippen LogP contribution in [-0.4, -0.2) is 27.4 Å². The number of aliphatic hydroxyl groups is 1. The van der Waals surface area contributed by atoms with Crippen molar-refractivity contribution in [1.82, 2.24) is 0 Å². The van der Waals surface area contributed by atoms with Gasteiger partial charge in [0, 0.05) is 11.6 Å². The molecular formula is C27H28O6.